The van der Waals surface area contributed by atoms with Crippen molar-refractivity contribution in [2.24, 2.45) is 17.8 Å². The summed E-state index contributed by atoms with van der Waals surface area (Å²) < 4.78 is 0. The van der Waals surface area contributed by atoms with Crippen LogP contribution in [0.3, 0.4) is 0 Å². The van der Waals surface area contributed by atoms with Crippen LogP contribution in [0.25, 0.3) is 0 Å². The molecule has 3 amide bonds. The first-order valence-electron chi connectivity index (χ1n) is 9.00. The van der Waals surface area contributed by atoms with Crippen molar-refractivity contribution in [1.29, 1.82) is 0 Å². The Balaban J connectivity index is 1.27. The first-order valence-corrected chi connectivity index (χ1v) is 10.4. The lowest BCUT2D eigenvalue weighted by atomic mass is 9.53. The maximum absolute atomic E-state index is 12.3. The van der Waals surface area contributed by atoms with Gasteiger partial charge < -0.3 is 5.32 Å². The lowest BCUT2D eigenvalue weighted by molar-refractivity contribution is -0.117. The molecule has 6 heteroatoms. The number of urea groups is 1. The van der Waals surface area contributed by atoms with Crippen molar-refractivity contribution in [3.8, 4) is 0 Å². The van der Waals surface area contributed by atoms with Gasteiger partial charge in [0.05, 0.1) is 5.75 Å². The number of benzene rings is 1. The van der Waals surface area contributed by atoms with Crippen molar-refractivity contribution in [2.45, 2.75) is 49.0 Å². The zero-order valence-electron chi connectivity index (χ0n) is 14.1. The number of hydrogen-bond acceptors (Lipinski definition) is 3. The molecule has 1 aromatic carbocycles. The second kappa shape index (κ2) is 6.84. The molecule has 0 atom stereocenters. The van der Waals surface area contributed by atoms with E-state index in [9.17, 15) is 9.59 Å². The largest absolute Gasteiger partial charge is 0.332 e. The minimum absolute atomic E-state index is 0.0670. The van der Waals surface area contributed by atoms with Crippen LogP contribution in [0.2, 0.25) is 5.02 Å². The van der Waals surface area contributed by atoms with Crippen LogP contribution >= 0.6 is 23.4 Å². The average molecular weight is 379 g/mol. The van der Waals surface area contributed by atoms with E-state index in [0.717, 1.165) is 41.9 Å². The van der Waals surface area contributed by atoms with Crippen molar-refractivity contribution < 1.29 is 9.59 Å². The molecule has 4 fully saturated rings. The van der Waals surface area contributed by atoms with Gasteiger partial charge in [0, 0.05) is 15.5 Å². The van der Waals surface area contributed by atoms with Crippen LogP contribution in [-0.4, -0.2) is 23.2 Å². The van der Waals surface area contributed by atoms with Crippen LogP contribution in [-0.2, 0) is 4.79 Å². The highest BCUT2D eigenvalue weighted by Crippen LogP contribution is 2.55. The Labute approximate surface area is 157 Å². The van der Waals surface area contributed by atoms with Gasteiger partial charge in [-0.05, 0) is 80.5 Å². The molecule has 5 rings (SSSR count). The summed E-state index contributed by atoms with van der Waals surface area (Å²) in [5, 5.41) is 6.33. The fourth-order valence-electron chi connectivity index (χ4n) is 5.38. The number of rotatable bonds is 4. The molecule has 0 unspecified atom stereocenters. The SMILES string of the molecule is O=C(CSc1ccc(Cl)cc1)NC(=O)NC12CC3CC(CC(C3)C1)C2. The number of imide groups is 1. The van der Waals surface area contributed by atoms with Gasteiger partial charge in [0.1, 0.15) is 0 Å². The van der Waals surface area contributed by atoms with Crippen molar-refractivity contribution in [3.05, 3.63) is 29.3 Å². The molecular weight excluding hydrogens is 356 g/mol. The third-order valence-corrected chi connectivity index (χ3v) is 7.12. The Morgan fingerprint density at radius 3 is 2.16 bits per heavy atom. The van der Waals surface area contributed by atoms with Crippen molar-refractivity contribution in [1.82, 2.24) is 10.6 Å². The summed E-state index contributed by atoms with van der Waals surface area (Å²) >= 11 is 7.25. The highest BCUT2D eigenvalue weighted by atomic mass is 35.5. The summed E-state index contributed by atoms with van der Waals surface area (Å²) in [6, 6.07) is 7.00. The van der Waals surface area contributed by atoms with E-state index in [2.05, 4.69) is 10.6 Å². The van der Waals surface area contributed by atoms with Gasteiger partial charge >= 0.3 is 6.03 Å². The molecule has 134 valence electrons. The molecule has 25 heavy (non-hydrogen) atoms. The number of amides is 3. The highest BCUT2D eigenvalue weighted by molar-refractivity contribution is 8.00. The minimum Gasteiger partial charge on any atom is -0.332 e. The Morgan fingerprint density at radius 1 is 1.04 bits per heavy atom. The van der Waals surface area contributed by atoms with Gasteiger partial charge in [0.25, 0.3) is 0 Å². The summed E-state index contributed by atoms with van der Waals surface area (Å²) in [5.41, 5.74) is -0.0670. The lowest BCUT2D eigenvalue weighted by Crippen LogP contribution is -2.61. The molecular formula is C19H23ClN2O2S. The number of hydrogen-bond donors (Lipinski definition) is 2. The van der Waals surface area contributed by atoms with E-state index in [1.54, 1.807) is 12.1 Å². The van der Waals surface area contributed by atoms with Gasteiger partial charge in [0.15, 0.2) is 0 Å². The van der Waals surface area contributed by atoms with Crippen LogP contribution in [0.4, 0.5) is 4.79 Å². The zero-order chi connectivity index (χ0) is 17.4. The van der Waals surface area contributed by atoms with E-state index in [-0.39, 0.29) is 23.2 Å². The molecule has 1 aromatic rings. The number of nitrogens with one attached hydrogen (secondary N) is 2. The zero-order valence-corrected chi connectivity index (χ0v) is 15.7. The van der Waals surface area contributed by atoms with Gasteiger partial charge in [-0.1, -0.05) is 11.6 Å². The fourth-order valence-corrected chi connectivity index (χ4v) is 6.20. The highest BCUT2D eigenvalue weighted by Gasteiger charge is 2.51. The molecule has 0 saturated heterocycles. The van der Waals surface area contributed by atoms with Gasteiger partial charge in [-0.3, -0.25) is 10.1 Å². The molecule has 0 aromatic heterocycles. The van der Waals surface area contributed by atoms with E-state index in [1.807, 2.05) is 12.1 Å². The predicted molar refractivity (Wildman–Crippen MR) is 99.8 cm³/mol. The van der Waals surface area contributed by atoms with Gasteiger partial charge in [-0.2, -0.15) is 0 Å². The molecule has 4 saturated carbocycles. The molecule has 4 bridgehead atoms. The standard InChI is InChI=1S/C19H23ClN2O2S/c20-15-1-3-16(4-2-15)25-11-17(23)21-18(24)22-19-8-12-5-13(9-19)7-14(6-12)10-19/h1-4,12-14H,5-11H2,(H2,21,22,23,24). The van der Waals surface area contributed by atoms with E-state index in [0.29, 0.717) is 5.02 Å². The van der Waals surface area contributed by atoms with Crippen molar-refractivity contribution >= 4 is 35.3 Å². The van der Waals surface area contributed by atoms with E-state index in [1.165, 1.54) is 31.0 Å². The van der Waals surface area contributed by atoms with Gasteiger partial charge in [-0.15, -0.1) is 11.8 Å². The summed E-state index contributed by atoms with van der Waals surface area (Å²) in [5.74, 6) is 2.26. The Bertz CT molecular complexity index is 641. The minimum atomic E-state index is -0.330. The third kappa shape index (κ3) is 3.98. The first kappa shape index (κ1) is 17.2. The van der Waals surface area contributed by atoms with Crippen LogP contribution < -0.4 is 10.6 Å². The molecule has 4 aliphatic carbocycles. The second-order valence-corrected chi connectivity index (χ2v) is 9.43. The van der Waals surface area contributed by atoms with Crippen LogP contribution in [0.5, 0.6) is 0 Å². The number of halogens is 1. The molecule has 0 radical (unpaired) electrons. The summed E-state index contributed by atoms with van der Waals surface area (Å²) in [4.78, 5) is 25.3. The Morgan fingerprint density at radius 2 is 1.60 bits per heavy atom. The Hall–Kier alpha value is -1.20. The maximum atomic E-state index is 12.3. The third-order valence-electron chi connectivity index (χ3n) is 5.85. The molecule has 0 aliphatic heterocycles. The van der Waals surface area contributed by atoms with Gasteiger partial charge in [0.2, 0.25) is 5.91 Å². The van der Waals surface area contributed by atoms with Crippen LogP contribution in [0.15, 0.2) is 29.2 Å². The van der Waals surface area contributed by atoms with Gasteiger partial charge in [-0.25, -0.2) is 4.79 Å². The van der Waals surface area contributed by atoms with Crippen molar-refractivity contribution in [3.63, 3.8) is 0 Å². The van der Waals surface area contributed by atoms with E-state index < -0.39 is 0 Å². The molecule has 0 heterocycles. The number of carbonyl (C=O) groups excluding carboxylic acids is 2. The predicted octanol–water partition coefficient (Wildman–Crippen LogP) is 4.23. The number of thioether (sulfide) groups is 1. The van der Waals surface area contributed by atoms with Crippen LogP contribution in [0.1, 0.15) is 38.5 Å². The summed E-state index contributed by atoms with van der Waals surface area (Å²) in [7, 11) is 0. The molecule has 4 aliphatic rings. The van der Waals surface area contributed by atoms with Crippen LogP contribution in [0, 0.1) is 17.8 Å². The average Bonchev–Trinajstić information content (AvgIpc) is 2.52. The lowest BCUT2D eigenvalue weighted by Gasteiger charge is -2.56. The molecule has 4 nitrogen and oxygen atoms in total. The summed E-state index contributed by atoms with van der Waals surface area (Å²) in [6.07, 6.45) is 7.25. The Kier molecular flexibility index (Phi) is 4.71. The first-order chi connectivity index (χ1) is 12.0. The maximum Gasteiger partial charge on any atom is 0.321 e. The molecule has 2 N–H and O–H groups in total. The topological polar surface area (TPSA) is 58.2 Å². The fraction of sp³-hybridized carbons (Fsp3) is 0.579. The normalized spacial score (nSPS) is 32.4. The number of carbonyl (C=O) groups is 2. The molecule has 0 spiro atoms. The van der Waals surface area contributed by atoms with E-state index >= 15 is 0 Å². The van der Waals surface area contributed by atoms with Crippen molar-refractivity contribution in [2.75, 3.05) is 5.75 Å². The monoisotopic (exact) mass is 378 g/mol. The summed E-state index contributed by atoms with van der Waals surface area (Å²) in [6.45, 7) is 0. The quantitative estimate of drug-likeness (QED) is 0.771. The second-order valence-electron chi connectivity index (χ2n) is 7.94. The van der Waals surface area contributed by atoms with E-state index in [4.69, 9.17) is 11.6 Å². The smallest absolute Gasteiger partial charge is 0.321 e.